The van der Waals surface area contributed by atoms with Gasteiger partial charge in [0.25, 0.3) is 0 Å². The van der Waals surface area contributed by atoms with Gasteiger partial charge in [0.2, 0.25) is 0 Å². The predicted octanol–water partition coefficient (Wildman–Crippen LogP) is 4.38. The number of hydrogen-bond donors (Lipinski definition) is 0. The SMILES string of the molecule is CCC(CC)C(=O)c1ccc(Br)c(C)c1. The third kappa shape index (κ3) is 2.91. The van der Waals surface area contributed by atoms with Crippen molar-refractivity contribution in [3.05, 3.63) is 33.8 Å². The second kappa shape index (κ2) is 5.45. The quantitative estimate of drug-likeness (QED) is 0.741. The van der Waals surface area contributed by atoms with Crippen molar-refractivity contribution in [1.29, 1.82) is 0 Å². The summed E-state index contributed by atoms with van der Waals surface area (Å²) >= 11 is 3.44. The molecule has 0 fully saturated rings. The molecule has 0 atom stereocenters. The van der Waals surface area contributed by atoms with Crippen molar-refractivity contribution in [3.8, 4) is 0 Å². The highest BCUT2D eigenvalue weighted by atomic mass is 79.9. The summed E-state index contributed by atoms with van der Waals surface area (Å²) in [5.41, 5.74) is 1.95. The van der Waals surface area contributed by atoms with Gasteiger partial charge in [0.05, 0.1) is 0 Å². The van der Waals surface area contributed by atoms with E-state index in [2.05, 4.69) is 29.8 Å². The average molecular weight is 269 g/mol. The Balaban J connectivity index is 2.96. The lowest BCUT2D eigenvalue weighted by atomic mass is 9.92. The first kappa shape index (κ1) is 12.4. The summed E-state index contributed by atoms with van der Waals surface area (Å²) in [5, 5.41) is 0. The smallest absolute Gasteiger partial charge is 0.165 e. The third-order valence-electron chi connectivity index (χ3n) is 2.80. The van der Waals surface area contributed by atoms with Crippen LogP contribution in [-0.2, 0) is 0 Å². The highest BCUT2D eigenvalue weighted by Crippen LogP contribution is 2.21. The minimum absolute atomic E-state index is 0.172. The zero-order valence-electron chi connectivity index (χ0n) is 9.51. The molecule has 82 valence electrons. The lowest BCUT2D eigenvalue weighted by molar-refractivity contribution is 0.0913. The molecule has 0 spiro atoms. The van der Waals surface area contributed by atoms with E-state index in [4.69, 9.17) is 0 Å². The van der Waals surface area contributed by atoms with E-state index in [1.165, 1.54) is 0 Å². The van der Waals surface area contributed by atoms with Crippen LogP contribution in [0.4, 0.5) is 0 Å². The van der Waals surface area contributed by atoms with Crippen LogP contribution in [0.25, 0.3) is 0 Å². The van der Waals surface area contributed by atoms with Crippen LogP contribution in [0.1, 0.15) is 42.6 Å². The number of aryl methyl sites for hydroxylation is 1. The van der Waals surface area contributed by atoms with Gasteiger partial charge in [-0.05, 0) is 37.5 Å². The Bertz CT molecular complexity index is 354. The molecule has 0 aliphatic carbocycles. The molecule has 1 rings (SSSR count). The molecule has 2 heteroatoms. The van der Waals surface area contributed by atoms with E-state index in [9.17, 15) is 4.79 Å². The standard InChI is InChI=1S/C13H17BrO/c1-4-10(5-2)13(15)11-6-7-12(14)9(3)8-11/h6-8,10H,4-5H2,1-3H3. The monoisotopic (exact) mass is 268 g/mol. The Hall–Kier alpha value is -0.630. The highest BCUT2D eigenvalue weighted by molar-refractivity contribution is 9.10. The Morgan fingerprint density at radius 1 is 1.33 bits per heavy atom. The zero-order valence-corrected chi connectivity index (χ0v) is 11.1. The van der Waals surface area contributed by atoms with Crippen LogP contribution in [0, 0.1) is 12.8 Å². The lowest BCUT2D eigenvalue weighted by Gasteiger charge is -2.11. The maximum atomic E-state index is 12.1. The van der Waals surface area contributed by atoms with Crippen molar-refractivity contribution in [2.75, 3.05) is 0 Å². The molecule has 0 saturated heterocycles. The third-order valence-corrected chi connectivity index (χ3v) is 3.69. The highest BCUT2D eigenvalue weighted by Gasteiger charge is 2.16. The zero-order chi connectivity index (χ0) is 11.4. The molecule has 0 N–H and O–H groups in total. The minimum Gasteiger partial charge on any atom is -0.294 e. The van der Waals surface area contributed by atoms with Gasteiger partial charge in [-0.2, -0.15) is 0 Å². The molecule has 0 heterocycles. The van der Waals surface area contributed by atoms with Gasteiger partial charge in [0.15, 0.2) is 5.78 Å². The summed E-state index contributed by atoms with van der Waals surface area (Å²) in [6.07, 6.45) is 1.84. The van der Waals surface area contributed by atoms with Gasteiger partial charge < -0.3 is 0 Å². The molecule has 15 heavy (non-hydrogen) atoms. The van der Waals surface area contributed by atoms with E-state index >= 15 is 0 Å². The van der Waals surface area contributed by atoms with E-state index in [1.807, 2.05) is 25.1 Å². The Kier molecular flexibility index (Phi) is 4.52. The second-order valence-electron chi connectivity index (χ2n) is 3.84. The number of halogens is 1. The van der Waals surface area contributed by atoms with Crippen LogP contribution in [-0.4, -0.2) is 5.78 Å². The van der Waals surface area contributed by atoms with Gasteiger partial charge in [-0.1, -0.05) is 35.8 Å². The maximum Gasteiger partial charge on any atom is 0.165 e. The summed E-state index contributed by atoms with van der Waals surface area (Å²) < 4.78 is 1.06. The van der Waals surface area contributed by atoms with Crippen LogP contribution in [0.3, 0.4) is 0 Å². The second-order valence-corrected chi connectivity index (χ2v) is 4.70. The summed E-state index contributed by atoms with van der Waals surface area (Å²) in [5.74, 6) is 0.446. The van der Waals surface area contributed by atoms with Crippen molar-refractivity contribution in [1.82, 2.24) is 0 Å². The van der Waals surface area contributed by atoms with Crippen LogP contribution >= 0.6 is 15.9 Å². The first-order chi connectivity index (χ1) is 7.10. The van der Waals surface area contributed by atoms with Crippen molar-refractivity contribution in [2.24, 2.45) is 5.92 Å². The summed E-state index contributed by atoms with van der Waals surface area (Å²) in [4.78, 5) is 12.1. The Morgan fingerprint density at radius 3 is 2.40 bits per heavy atom. The first-order valence-corrected chi connectivity index (χ1v) is 6.19. The molecule has 0 aliphatic heterocycles. The van der Waals surface area contributed by atoms with Crippen molar-refractivity contribution in [3.63, 3.8) is 0 Å². The largest absolute Gasteiger partial charge is 0.294 e. The van der Waals surface area contributed by atoms with E-state index in [1.54, 1.807) is 0 Å². The number of carbonyl (C=O) groups is 1. The molecular formula is C13H17BrO. The van der Waals surface area contributed by atoms with Gasteiger partial charge in [0, 0.05) is 16.0 Å². The Labute approximate surface area is 100 Å². The fraction of sp³-hybridized carbons (Fsp3) is 0.462. The number of ketones is 1. The maximum absolute atomic E-state index is 12.1. The molecule has 1 aromatic rings. The van der Waals surface area contributed by atoms with Crippen LogP contribution < -0.4 is 0 Å². The molecule has 0 amide bonds. The normalized spacial score (nSPS) is 10.7. The van der Waals surface area contributed by atoms with E-state index in [0.29, 0.717) is 0 Å². The summed E-state index contributed by atoms with van der Waals surface area (Å²) in [6.45, 7) is 6.14. The topological polar surface area (TPSA) is 17.1 Å². The molecule has 0 aromatic heterocycles. The molecule has 0 bridgehead atoms. The fourth-order valence-electron chi connectivity index (χ4n) is 1.69. The molecule has 0 aliphatic rings. The van der Waals surface area contributed by atoms with Crippen molar-refractivity contribution >= 4 is 21.7 Å². The molecule has 0 unspecified atom stereocenters. The van der Waals surface area contributed by atoms with Crippen LogP contribution in [0.15, 0.2) is 22.7 Å². The Morgan fingerprint density at radius 2 is 1.93 bits per heavy atom. The minimum atomic E-state index is 0.172. The molecular weight excluding hydrogens is 252 g/mol. The van der Waals surface area contributed by atoms with Crippen molar-refractivity contribution in [2.45, 2.75) is 33.6 Å². The van der Waals surface area contributed by atoms with E-state index < -0.39 is 0 Å². The van der Waals surface area contributed by atoms with Crippen molar-refractivity contribution < 1.29 is 4.79 Å². The number of carbonyl (C=O) groups excluding carboxylic acids is 1. The van der Waals surface area contributed by atoms with E-state index in [-0.39, 0.29) is 11.7 Å². The molecule has 1 nitrogen and oxygen atoms in total. The molecule has 0 saturated carbocycles. The number of benzene rings is 1. The summed E-state index contributed by atoms with van der Waals surface area (Å²) in [7, 11) is 0. The van der Waals surface area contributed by atoms with Crippen LogP contribution in [0.5, 0.6) is 0 Å². The van der Waals surface area contributed by atoms with Gasteiger partial charge in [-0.25, -0.2) is 0 Å². The predicted molar refractivity (Wildman–Crippen MR) is 67.3 cm³/mol. The number of Topliss-reactive ketones (excluding diaryl/α,β-unsaturated/α-hetero) is 1. The van der Waals surface area contributed by atoms with Gasteiger partial charge >= 0.3 is 0 Å². The van der Waals surface area contributed by atoms with Gasteiger partial charge in [-0.15, -0.1) is 0 Å². The number of rotatable bonds is 4. The van der Waals surface area contributed by atoms with Gasteiger partial charge in [-0.3, -0.25) is 4.79 Å². The lowest BCUT2D eigenvalue weighted by Crippen LogP contribution is -2.13. The summed E-state index contributed by atoms with van der Waals surface area (Å²) in [6, 6.07) is 5.81. The fourth-order valence-corrected chi connectivity index (χ4v) is 1.94. The molecule has 0 radical (unpaired) electrons. The van der Waals surface area contributed by atoms with E-state index in [0.717, 1.165) is 28.4 Å². The van der Waals surface area contributed by atoms with Crippen LogP contribution in [0.2, 0.25) is 0 Å². The average Bonchev–Trinajstić information content (AvgIpc) is 2.23. The van der Waals surface area contributed by atoms with Gasteiger partial charge in [0.1, 0.15) is 0 Å². The number of hydrogen-bond acceptors (Lipinski definition) is 1. The molecule has 1 aromatic carbocycles. The first-order valence-electron chi connectivity index (χ1n) is 5.40.